The van der Waals surface area contributed by atoms with Gasteiger partial charge in [0.2, 0.25) is 0 Å². The van der Waals surface area contributed by atoms with Crippen molar-refractivity contribution in [1.29, 1.82) is 0 Å². The summed E-state index contributed by atoms with van der Waals surface area (Å²) in [5.41, 5.74) is 2.56. The van der Waals surface area contributed by atoms with Gasteiger partial charge in [-0.3, -0.25) is 9.88 Å². The molecule has 0 bridgehead atoms. The van der Waals surface area contributed by atoms with E-state index in [0.717, 1.165) is 12.1 Å². The minimum atomic E-state index is -1.54. The lowest BCUT2D eigenvalue weighted by molar-refractivity contribution is 0.318. The van der Waals surface area contributed by atoms with Gasteiger partial charge in [-0.05, 0) is 36.4 Å². The Morgan fingerprint density at radius 1 is 1.10 bits per heavy atom. The minimum Gasteiger partial charge on any atom is -0.497 e. The number of methoxy groups -OCH3 is 1. The summed E-state index contributed by atoms with van der Waals surface area (Å²) in [4.78, 5) is 6.14. The number of rotatable bonds is 6. The zero-order chi connectivity index (χ0) is 15.2. The molecule has 0 unspecified atom stereocenters. The van der Waals surface area contributed by atoms with Crippen molar-refractivity contribution < 1.29 is 14.8 Å². The molecule has 110 valence electrons. The van der Waals surface area contributed by atoms with Crippen molar-refractivity contribution in [1.82, 2.24) is 9.88 Å². The van der Waals surface area contributed by atoms with E-state index in [4.69, 9.17) is 4.74 Å². The number of nitrogens with zero attached hydrogens (tertiary/aromatic N) is 2. The summed E-state index contributed by atoms with van der Waals surface area (Å²) in [7, 11) is 1.99. The quantitative estimate of drug-likeness (QED) is 0.753. The van der Waals surface area contributed by atoms with Gasteiger partial charge in [0.15, 0.2) is 0 Å². The van der Waals surface area contributed by atoms with Gasteiger partial charge in [-0.2, -0.15) is 0 Å². The molecule has 21 heavy (non-hydrogen) atoms. The second kappa shape index (κ2) is 7.22. The number of ether oxygens (including phenoxy) is 1. The van der Waals surface area contributed by atoms with E-state index in [1.807, 2.05) is 25.2 Å². The van der Waals surface area contributed by atoms with Gasteiger partial charge in [-0.1, -0.05) is 12.1 Å². The summed E-state index contributed by atoms with van der Waals surface area (Å²) < 4.78 is 5.12. The Bertz CT molecular complexity index is 578. The molecule has 0 atom stereocenters. The molecular formula is C15H19BN2O3. The fourth-order valence-corrected chi connectivity index (χ4v) is 2.25. The molecule has 2 aromatic rings. The topological polar surface area (TPSA) is 65.8 Å². The second-order valence-corrected chi connectivity index (χ2v) is 4.98. The minimum absolute atomic E-state index is 0.382. The predicted molar refractivity (Wildman–Crippen MR) is 82.2 cm³/mol. The zero-order valence-corrected chi connectivity index (χ0v) is 12.2. The molecule has 0 aliphatic rings. The smallest absolute Gasteiger partial charge is 0.492 e. The molecule has 0 fully saturated rings. The molecule has 1 aromatic carbocycles. The van der Waals surface area contributed by atoms with Gasteiger partial charge in [0, 0.05) is 30.9 Å². The first-order valence-electron chi connectivity index (χ1n) is 6.70. The average Bonchev–Trinajstić information content (AvgIpc) is 2.48. The van der Waals surface area contributed by atoms with E-state index in [0.29, 0.717) is 17.8 Å². The van der Waals surface area contributed by atoms with Crippen LogP contribution in [-0.2, 0) is 13.1 Å². The van der Waals surface area contributed by atoms with Crippen molar-refractivity contribution in [3.63, 3.8) is 0 Å². The highest BCUT2D eigenvalue weighted by Gasteiger charge is 2.17. The number of aromatic nitrogens is 1. The highest BCUT2D eigenvalue weighted by molar-refractivity contribution is 6.59. The van der Waals surface area contributed by atoms with E-state index in [-0.39, 0.29) is 0 Å². The van der Waals surface area contributed by atoms with Gasteiger partial charge in [0.05, 0.1) is 7.11 Å². The molecule has 0 radical (unpaired) electrons. The molecule has 5 nitrogen and oxygen atoms in total. The monoisotopic (exact) mass is 286 g/mol. The zero-order valence-electron chi connectivity index (χ0n) is 12.2. The number of hydrogen-bond donors (Lipinski definition) is 2. The standard InChI is InChI=1S/C15H19BN2O3/c1-18(10-12-5-7-17-8-6-12)11-13-3-4-15(21-2)14(9-13)16(19)20/h3-9,19-20H,10-11H2,1-2H3. The normalized spacial score (nSPS) is 10.7. The van der Waals surface area contributed by atoms with Crippen LogP contribution in [-0.4, -0.2) is 41.2 Å². The molecule has 0 spiro atoms. The van der Waals surface area contributed by atoms with Gasteiger partial charge >= 0.3 is 7.12 Å². The third kappa shape index (κ3) is 4.29. The van der Waals surface area contributed by atoms with E-state index >= 15 is 0 Å². The number of hydrogen-bond acceptors (Lipinski definition) is 5. The van der Waals surface area contributed by atoms with Crippen LogP contribution in [0.2, 0.25) is 0 Å². The SMILES string of the molecule is COc1ccc(CN(C)Cc2ccncc2)cc1B(O)O. The van der Waals surface area contributed by atoms with Crippen LogP contribution in [0.15, 0.2) is 42.7 Å². The van der Waals surface area contributed by atoms with E-state index in [1.54, 1.807) is 24.5 Å². The first-order valence-corrected chi connectivity index (χ1v) is 6.70. The Hall–Kier alpha value is -1.89. The van der Waals surface area contributed by atoms with Gasteiger partial charge in [0.1, 0.15) is 5.75 Å². The van der Waals surface area contributed by atoms with E-state index in [1.165, 1.54) is 12.7 Å². The molecule has 2 N–H and O–H groups in total. The lowest BCUT2D eigenvalue weighted by atomic mass is 9.78. The Morgan fingerprint density at radius 2 is 1.76 bits per heavy atom. The maximum atomic E-state index is 9.38. The fraction of sp³-hybridized carbons (Fsp3) is 0.267. The van der Waals surface area contributed by atoms with Crippen LogP contribution in [0.25, 0.3) is 0 Å². The summed E-state index contributed by atoms with van der Waals surface area (Å²) in [6, 6.07) is 9.39. The van der Waals surface area contributed by atoms with Crippen LogP contribution in [0.1, 0.15) is 11.1 Å². The molecule has 0 saturated heterocycles. The summed E-state index contributed by atoms with van der Waals surface area (Å²) in [6.45, 7) is 1.50. The molecule has 0 aliphatic carbocycles. The first-order chi connectivity index (χ1) is 10.1. The van der Waals surface area contributed by atoms with E-state index in [9.17, 15) is 10.0 Å². The van der Waals surface area contributed by atoms with Gasteiger partial charge in [-0.25, -0.2) is 0 Å². The Kier molecular flexibility index (Phi) is 5.33. The largest absolute Gasteiger partial charge is 0.497 e. The molecule has 1 aromatic heterocycles. The maximum absolute atomic E-state index is 9.38. The van der Waals surface area contributed by atoms with E-state index < -0.39 is 7.12 Å². The molecule has 2 rings (SSSR count). The number of pyridine rings is 1. The first kappa shape index (κ1) is 15.5. The summed E-state index contributed by atoms with van der Waals surface area (Å²) in [5, 5.41) is 18.8. The lowest BCUT2D eigenvalue weighted by Crippen LogP contribution is -2.32. The summed E-state index contributed by atoms with van der Waals surface area (Å²) in [6.07, 6.45) is 3.55. The van der Waals surface area contributed by atoms with Crippen LogP contribution in [0.3, 0.4) is 0 Å². The van der Waals surface area contributed by atoms with Crippen LogP contribution in [0, 0.1) is 0 Å². The Morgan fingerprint density at radius 3 is 2.38 bits per heavy atom. The summed E-state index contributed by atoms with van der Waals surface area (Å²) in [5.74, 6) is 0.477. The van der Waals surface area contributed by atoms with Crippen LogP contribution in [0.4, 0.5) is 0 Å². The molecule has 0 saturated carbocycles. The van der Waals surface area contributed by atoms with Gasteiger partial charge in [-0.15, -0.1) is 0 Å². The molecule has 0 amide bonds. The molecule has 6 heteroatoms. The van der Waals surface area contributed by atoms with Crippen molar-refractivity contribution in [2.75, 3.05) is 14.2 Å². The molecule has 1 heterocycles. The van der Waals surface area contributed by atoms with Crippen molar-refractivity contribution in [2.24, 2.45) is 0 Å². The van der Waals surface area contributed by atoms with Crippen molar-refractivity contribution in [2.45, 2.75) is 13.1 Å². The Labute approximate surface area is 125 Å². The maximum Gasteiger partial charge on any atom is 0.492 e. The second-order valence-electron chi connectivity index (χ2n) is 4.98. The van der Waals surface area contributed by atoms with Gasteiger partial charge in [0.25, 0.3) is 0 Å². The fourth-order valence-electron chi connectivity index (χ4n) is 2.25. The number of benzene rings is 1. The highest BCUT2D eigenvalue weighted by Crippen LogP contribution is 2.12. The highest BCUT2D eigenvalue weighted by atomic mass is 16.5. The van der Waals surface area contributed by atoms with Crippen molar-refractivity contribution in [3.8, 4) is 5.75 Å². The molecular weight excluding hydrogens is 267 g/mol. The lowest BCUT2D eigenvalue weighted by Gasteiger charge is -2.18. The van der Waals surface area contributed by atoms with E-state index in [2.05, 4.69) is 9.88 Å². The van der Waals surface area contributed by atoms with Crippen molar-refractivity contribution >= 4 is 12.6 Å². The average molecular weight is 286 g/mol. The van der Waals surface area contributed by atoms with Crippen LogP contribution in [0.5, 0.6) is 5.75 Å². The van der Waals surface area contributed by atoms with Gasteiger partial charge < -0.3 is 14.8 Å². The summed E-state index contributed by atoms with van der Waals surface area (Å²) >= 11 is 0. The van der Waals surface area contributed by atoms with Crippen molar-refractivity contribution in [3.05, 3.63) is 53.9 Å². The molecule has 0 aliphatic heterocycles. The third-order valence-electron chi connectivity index (χ3n) is 3.23. The Balaban J connectivity index is 2.07. The third-order valence-corrected chi connectivity index (χ3v) is 3.23. The van der Waals surface area contributed by atoms with Crippen LogP contribution < -0.4 is 10.2 Å². The predicted octanol–water partition coefficient (Wildman–Crippen LogP) is 0.402. The van der Waals surface area contributed by atoms with Crippen LogP contribution >= 0.6 is 0 Å².